The van der Waals surface area contributed by atoms with Crippen molar-refractivity contribution in [3.8, 4) is 0 Å². The molecule has 5 nitrogen and oxygen atoms in total. The first-order valence-electron chi connectivity index (χ1n) is 10.2. The van der Waals surface area contributed by atoms with Gasteiger partial charge in [0.05, 0.1) is 6.54 Å². The Morgan fingerprint density at radius 3 is 2.56 bits per heavy atom. The third kappa shape index (κ3) is 7.46. The number of guanidine groups is 1. The molecule has 1 aliphatic heterocycles. The normalized spacial score (nSPS) is 17.9. The minimum absolute atomic E-state index is 0.181. The molecule has 0 aromatic heterocycles. The molecule has 0 radical (unpaired) electrons. The van der Waals surface area contributed by atoms with Gasteiger partial charge in [0.15, 0.2) is 5.96 Å². The third-order valence-electron chi connectivity index (χ3n) is 5.15. The molecular formula is C21H36FN5. The molecule has 2 rings (SSSR count). The molecule has 1 heterocycles. The minimum atomic E-state index is -0.181. The summed E-state index contributed by atoms with van der Waals surface area (Å²) in [5, 5.41) is 6.71. The van der Waals surface area contributed by atoms with Crippen LogP contribution in [0.25, 0.3) is 0 Å². The van der Waals surface area contributed by atoms with Crippen LogP contribution in [-0.2, 0) is 6.42 Å². The van der Waals surface area contributed by atoms with Gasteiger partial charge in [-0.15, -0.1) is 0 Å². The van der Waals surface area contributed by atoms with E-state index in [-0.39, 0.29) is 5.82 Å². The van der Waals surface area contributed by atoms with E-state index >= 15 is 0 Å². The maximum absolute atomic E-state index is 13.3. The van der Waals surface area contributed by atoms with Crippen LogP contribution in [0.4, 0.5) is 4.39 Å². The van der Waals surface area contributed by atoms with Crippen LogP contribution in [0.3, 0.4) is 0 Å². The van der Waals surface area contributed by atoms with E-state index in [0.29, 0.717) is 12.0 Å². The van der Waals surface area contributed by atoms with E-state index in [9.17, 15) is 4.39 Å². The molecule has 27 heavy (non-hydrogen) atoms. The van der Waals surface area contributed by atoms with Gasteiger partial charge in [0, 0.05) is 45.3 Å². The van der Waals surface area contributed by atoms with E-state index in [4.69, 9.17) is 4.99 Å². The summed E-state index contributed by atoms with van der Waals surface area (Å²) in [6.45, 7) is 13.4. The average molecular weight is 378 g/mol. The van der Waals surface area contributed by atoms with Gasteiger partial charge in [-0.25, -0.2) is 4.39 Å². The van der Waals surface area contributed by atoms with Gasteiger partial charge < -0.3 is 15.5 Å². The molecule has 1 fully saturated rings. The van der Waals surface area contributed by atoms with Gasteiger partial charge in [-0.05, 0) is 44.0 Å². The summed E-state index contributed by atoms with van der Waals surface area (Å²) in [5.74, 6) is 1.22. The van der Waals surface area contributed by atoms with Crippen molar-refractivity contribution >= 4 is 5.96 Å². The third-order valence-corrected chi connectivity index (χ3v) is 5.15. The summed E-state index contributed by atoms with van der Waals surface area (Å²) in [7, 11) is 2.19. The van der Waals surface area contributed by atoms with Crippen LogP contribution in [0.5, 0.6) is 0 Å². The van der Waals surface area contributed by atoms with Crippen molar-refractivity contribution in [2.75, 3.05) is 52.9 Å². The summed E-state index contributed by atoms with van der Waals surface area (Å²) in [6, 6.07) is 7.24. The molecule has 1 aromatic carbocycles. The first-order chi connectivity index (χ1) is 13.0. The van der Waals surface area contributed by atoms with E-state index in [2.05, 4.69) is 48.3 Å². The Bertz CT molecular complexity index is 582. The van der Waals surface area contributed by atoms with Gasteiger partial charge in [-0.3, -0.25) is 9.89 Å². The molecule has 152 valence electrons. The van der Waals surface area contributed by atoms with Crippen LogP contribution >= 0.6 is 0 Å². The summed E-state index contributed by atoms with van der Waals surface area (Å²) < 4.78 is 13.3. The minimum Gasteiger partial charge on any atom is -0.357 e. The van der Waals surface area contributed by atoms with Crippen LogP contribution < -0.4 is 10.6 Å². The Labute approximate surface area is 164 Å². The Hall–Kier alpha value is -1.66. The van der Waals surface area contributed by atoms with E-state index < -0.39 is 0 Å². The van der Waals surface area contributed by atoms with Crippen LogP contribution in [0, 0.1) is 11.7 Å². The second-order valence-corrected chi connectivity index (χ2v) is 7.68. The lowest BCUT2D eigenvalue weighted by atomic mass is 10.0. The molecule has 0 amide bonds. The SMILES string of the molecule is CCNC(=NCC(C(C)C)N1CCN(C)CC1)NCCc1cccc(F)c1. The number of hydrogen-bond donors (Lipinski definition) is 2. The molecule has 6 heteroatoms. The summed E-state index contributed by atoms with van der Waals surface area (Å²) >= 11 is 0. The fourth-order valence-corrected chi connectivity index (χ4v) is 3.45. The summed E-state index contributed by atoms with van der Waals surface area (Å²) in [4.78, 5) is 9.80. The highest BCUT2D eigenvalue weighted by atomic mass is 19.1. The Morgan fingerprint density at radius 2 is 1.93 bits per heavy atom. The Morgan fingerprint density at radius 1 is 1.19 bits per heavy atom. The number of aliphatic imine (C=N–C) groups is 1. The van der Waals surface area contributed by atoms with Gasteiger partial charge in [0.1, 0.15) is 5.82 Å². The molecule has 1 aromatic rings. The van der Waals surface area contributed by atoms with E-state index in [1.807, 2.05) is 6.07 Å². The zero-order chi connectivity index (χ0) is 19.6. The van der Waals surface area contributed by atoms with E-state index in [1.165, 1.54) is 6.07 Å². The first kappa shape index (κ1) is 21.6. The maximum Gasteiger partial charge on any atom is 0.191 e. The predicted molar refractivity (Wildman–Crippen MR) is 112 cm³/mol. The highest BCUT2D eigenvalue weighted by Crippen LogP contribution is 2.14. The topological polar surface area (TPSA) is 42.9 Å². The molecule has 2 N–H and O–H groups in total. The van der Waals surface area contributed by atoms with Crippen LogP contribution in [0.1, 0.15) is 26.3 Å². The highest BCUT2D eigenvalue weighted by Gasteiger charge is 2.24. The smallest absolute Gasteiger partial charge is 0.191 e. The van der Waals surface area contributed by atoms with Crippen molar-refractivity contribution in [2.45, 2.75) is 33.2 Å². The number of rotatable bonds is 8. The van der Waals surface area contributed by atoms with E-state index in [0.717, 1.165) is 63.8 Å². The largest absolute Gasteiger partial charge is 0.357 e. The first-order valence-corrected chi connectivity index (χ1v) is 10.2. The summed E-state index contributed by atoms with van der Waals surface area (Å²) in [6.07, 6.45) is 0.772. The zero-order valence-electron chi connectivity index (χ0n) is 17.3. The monoisotopic (exact) mass is 377 g/mol. The number of benzene rings is 1. The molecule has 1 aliphatic rings. The van der Waals surface area contributed by atoms with Gasteiger partial charge in [0.25, 0.3) is 0 Å². The number of likely N-dealkylation sites (N-methyl/N-ethyl adjacent to an activating group) is 1. The summed E-state index contributed by atoms with van der Waals surface area (Å²) in [5.41, 5.74) is 0.996. The second-order valence-electron chi connectivity index (χ2n) is 7.68. The predicted octanol–water partition coefficient (Wildman–Crippen LogP) is 2.20. The lowest BCUT2D eigenvalue weighted by Gasteiger charge is -2.39. The molecule has 0 bridgehead atoms. The Kier molecular flexibility index (Phi) is 9.01. The molecule has 0 aliphatic carbocycles. The number of halogens is 1. The quantitative estimate of drug-likeness (QED) is 0.538. The molecule has 1 saturated heterocycles. The van der Waals surface area contributed by atoms with Gasteiger partial charge in [-0.1, -0.05) is 26.0 Å². The van der Waals surface area contributed by atoms with E-state index in [1.54, 1.807) is 12.1 Å². The second kappa shape index (κ2) is 11.2. The fourth-order valence-electron chi connectivity index (χ4n) is 3.45. The van der Waals surface area contributed by atoms with Crippen molar-refractivity contribution in [1.29, 1.82) is 0 Å². The number of nitrogens with one attached hydrogen (secondary N) is 2. The lowest BCUT2D eigenvalue weighted by molar-refractivity contribution is 0.0925. The highest BCUT2D eigenvalue weighted by molar-refractivity contribution is 5.79. The van der Waals surface area contributed by atoms with Crippen molar-refractivity contribution in [2.24, 2.45) is 10.9 Å². The van der Waals surface area contributed by atoms with Gasteiger partial charge in [-0.2, -0.15) is 0 Å². The van der Waals surface area contributed by atoms with Gasteiger partial charge >= 0.3 is 0 Å². The van der Waals surface area contributed by atoms with Crippen LogP contribution in [0.2, 0.25) is 0 Å². The number of nitrogens with zero attached hydrogens (tertiary/aromatic N) is 3. The zero-order valence-corrected chi connectivity index (χ0v) is 17.3. The van der Waals surface area contributed by atoms with Crippen LogP contribution in [0.15, 0.2) is 29.3 Å². The molecule has 1 atom stereocenters. The number of piperazine rings is 1. The van der Waals surface area contributed by atoms with Gasteiger partial charge in [0.2, 0.25) is 0 Å². The molecule has 0 spiro atoms. The van der Waals surface area contributed by atoms with Crippen molar-refractivity contribution < 1.29 is 4.39 Å². The molecule has 0 saturated carbocycles. The Balaban J connectivity index is 1.89. The lowest BCUT2D eigenvalue weighted by Crippen LogP contribution is -2.52. The maximum atomic E-state index is 13.3. The standard InChI is InChI=1S/C21H36FN5/c1-5-23-21(24-10-9-18-7-6-8-19(22)15-18)25-16-20(17(2)3)27-13-11-26(4)12-14-27/h6-8,15,17,20H,5,9-14,16H2,1-4H3,(H2,23,24,25). The molecule has 1 unspecified atom stereocenters. The number of hydrogen-bond acceptors (Lipinski definition) is 3. The average Bonchev–Trinajstić information content (AvgIpc) is 2.63. The van der Waals surface area contributed by atoms with Crippen LogP contribution in [-0.4, -0.2) is 74.7 Å². The van der Waals surface area contributed by atoms with Crippen molar-refractivity contribution in [3.63, 3.8) is 0 Å². The fraction of sp³-hybridized carbons (Fsp3) is 0.667. The van der Waals surface area contributed by atoms with Crippen molar-refractivity contribution in [1.82, 2.24) is 20.4 Å². The molecular weight excluding hydrogens is 341 g/mol. The van der Waals surface area contributed by atoms with Crippen molar-refractivity contribution in [3.05, 3.63) is 35.6 Å².